The predicted molar refractivity (Wildman–Crippen MR) is 106 cm³/mol. The van der Waals surface area contributed by atoms with Crippen molar-refractivity contribution in [1.82, 2.24) is 0 Å². The van der Waals surface area contributed by atoms with E-state index in [0.717, 1.165) is 19.3 Å². The van der Waals surface area contributed by atoms with Crippen LogP contribution in [0.5, 0.6) is 0 Å². The van der Waals surface area contributed by atoms with E-state index in [1.807, 2.05) is 12.2 Å². The van der Waals surface area contributed by atoms with Gasteiger partial charge in [-0.1, -0.05) is 55.5 Å². The molecule has 1 saturated carbocycles. The van der Waals surface area contributed by atoms with Crippen molar-refractivity contribution in [3.63, 3.8) is 0 Å². The van der Waals surface area contributed by atoms with Crippen molar-refractivity contribution in [3.05, 3.63) is 48.6 Å². The quantitative estimate of drug-likeness (QED) is 0.453. The number of carboxylic acids is 1. The van der Waals surface area contributed by atoms with Gasteiger partial charge in [0, 0.05) is 24.7 Å². The summed E-state index contributed by atoms with van der Waals surface area (Å²) in [6.45, 7) is 2.10. The Bertz CT molecular complexity index is 573. The van der Waals surface area contributed by atoms with Crippen LogP contribution >= 0.6 is 0 Å². The van der Waals surface area contributed by atoms with Crippen LogP contribution in [-0.2, 0) is 9.59 Å². The van der Waals surface area contributed by atoms with Gasteiger partial charge >= 0.3 is 5.97 Å². The lowest BCUT2D eigenvalue weighted by Crippen LogP contribution is -2.19. The number of carbonyl (C=O) groups is 2. The van der Waals surface area contributed by atoms with E-state index >= 15 is 0 Å². The predicted octanol–water partition coefficient (Wildman–Crippen LogP) is 3.58. The molecule has 1 aliphatic rings. The zero-order chi connectivity index (χ0) is 20.1. The molecule has 1 aliphatic carbocycles. The molecule has 0 saturated heterocycles. The van der Waals surface area contributed by atoms with Gasteiger partial charge in [0.25, 0.3) is 0 Å². The molecule has 0 aliphatic heterocycles. The van der Waals surface area contributed by atoms with E-state index in [4.69, 9.17) is 5.11 Å². The van der Waals surface area contributed by atoms with Crippen molar-refractivity contribution in [2.45, 2.75) is 64.1 Å². The number of ketones is 1. The van der Waals surface area contributed by atoms with Crippen LogP contribution in [0, 0.1) is 11.8 Å². The third kappa shape index (κ3) is 9.50. The fraction of sp³-hybridized carbons (Fsp3) is 0.545. The van der Waals surface area contributed by atoms with Crippen molar-refractivity contribution >= 4 is 11.8 Å². The van der Waals surface area contributed by atoms with Crippen molar-refractivity contribution in [2.24, 2.45) is 11.8 Å². The Morgan fingerprint density at radius 2 is 1.78 bits per heavy atom. The van der Waals surface area contributed by atoms with Crippen molar-refractivity contribution in [2.75, 3.05) is 0 Å². The van der Waals surface area contributed by atoms with Crippen molar-refractivity contribution in [1.29, 1.82) is 0 Å². The zero-order valence-corrected chi connectivity index (χ0v) is 16.0. The molecule has 27 heavy (non-hydrogen) atoms. The van der Waals surface area contributed by atoms with E-state index < -0.39 is 18.2 Å². The number of allylic oxidation sites excluding steroid dienone is 6. The molecule has 0 heterocycles. The molecule has 150 valence electrons. The number of hydrogen-bond donors (Lipinski definition) is 3. The molecule has 1 rings (SSSR count). The number of carbonyl (C=O) groups excluding carboxylic acids is 1. The van der Waals surface area contributed by atoms with Crippen LogP contribution in [0.25, 0.3) is 0 Å². The smallest absolute Gasteiger partial charge is 0.303 e. The number of aliphatic hydroxyl groups is 2. The first-order valence-corrected chi connectivity index (χ1v) is 9.69. The molecule has 0 unspecified atom stereocenters. The van der Waals surface area contributed by atoms with E-state index in [-0.39, 0.29) is 36.9 Å². The van der Waals surface area contributed by atoms with Gasteiger partial charge in [-0.25, -0.2) is 0 Å². The summed E-state index contributed by atoms with van der Waals surface area (Å²) in [5, 5.41) is 28.6. The maximum Gasteiger partial charge on any atom is 0.303 e. The molecule has 0 aromatic rings. The van der Waals surface area contributed by atoms with E-state index in [1.54, 1.807) is 6.08 Å². The number of aliphatic carboxylic acids is 1. The summed E-state index contributed by atoms with van der Waals surface area (Å²) in [5.41, 5.74) is 0. The number of aliphatic hydroxyl groups excluding tert-OH is 2. The van der Waals surface area contributed by atoms with Gasteiger partial charge in [0.1, 0.15) is 5.78 Å². The van der Waals surface area contributed by atoms with Gasteiger partial charge in [0.05, 0.1) is 12.2 Å². The summed E-state index contributed by atoms with van der Waals surface area (Å²) in [6.07, 6.45) is 17.4. The summed E-state index contributed by atoms with van der Waals surface area (Å²) in [5.74, 6) is -1.56. The van der Waals surface area contributed by atoms with Crippen LogP contribution in [0.4, 0.5) is 0 Å². The summed E-state index contributed by atoms with van der Waals surface area (Å²) in [6, 6.07) is 0. The summed E-state index contributed by atoms with van der Waals surface area (Å²) >= 11 is 0. The van der Waals surface area contributed by atoms with Gasteiger partial charge in [-0.2, -0.15) is 0 Å². The number of rotatable bonds is 12. The third-order valence-corrected chi connectivity index (χ3v) is 4.61. The molecule has 0 bridgehead atoms. The van der Waals surface area contributed by atoms with Gasteiger partial charge < -0.3 is 15.3 Å². The van der Waals surface area contributed by atoms with Crippen LogP contribution in [0.3, 0.4) is 0 Å². The Kier molecular flexibility index (Phi) is 11.3. The highest BCUT2D eigenvalue weighted by molar-refractivity contribution is 5.84. The molecule has 3 N–H and O–H groups in total. The fourth-order valence-corrected chi connectivity index (χ4v) is 3.10. The van der Waals surface area contributed by atoms with Gasteiger partial charge in [-0.15, -0.1) is 0 Å². The minimum Gasteiger partial charge on any atom is -0.481 e. The number of carboxylic acid groups (broad SMARTS) is 1. The van der Waals surface area contributed by atoms with Crippen molar-refractivity contribution < 1.29 is 24.9 Å². The molecule has 0 aromatic carbocycles. The second-order valence-electron chi connectivity index (χ2n) is 6.84. The monoisotopic (exact) mass is 376 g/mol. The highest BCUT2D eigenvalue weighted by Crippen LogP contribution is 2.33. The Morgan fingerprint density at radius 1 is 1.15 bits per heavy atom. The highest BCUT2D eigenvalue weighted by Gasteiger charge is 2.39. The molecule has 4 atom stereocenters. The van der Waals surface area contributed by atoms with E-state index in [9.17, 15) is 19.8 Å². The average molecular weight is 376 g/mol. The van der Waals surface area contributed by atoms with Crippen molar-refractivity contribution in [3.8, 4) is 0 Å². The highest BCUT2D eigenvalue weighted by atomic mass is 16.4. The molecule has 5 nitrogen and oxygen atoms in total. The molecular weight excluding hydrogens is 344 g/mol. The Balaban J connectivity index is 2.48. The van der Waals surface area contributed by atoms with Crippen LogP contribution in [0.15, 0.2) is 48.6 Å². The Labute approximate surface area is 161 Å². The largest absolute Gasteiger partial charge is 0.481 e. The first kappa shape index (κ1) is 23.1. The molecule has 0 radical (unpaired) electrons. The van der Waals surface area contributed by atoms with Crippen LogP contribution < -0.4 is 0 Å². The van der Waals surface area contributed by atoms with Crippen LogP contribution in [-0.4, -0.2) is 39.3 Å². The minimum absolute atomic E-state index is 0.0297. The second-order valence-corrected chi connectivity index (χ2v) is 6.84. The zero-order valence-electron chi connectivity index (χ0n) is 16.0. The van der Waals surface area contributed by atoms with Crippen LogP contribution in [0.1, 0.15) is 51.9 Å². The van der Waals surface area contributed by atoms with E-state index in [2.05, 4.69) is 31.2 Å². The molecular formula is C22H32O5. The van der Waals surface area contributed by atoms with Gasteiger partial charge in [0.15, 0.2) is 0 Å². The van der Waals surface area contributed by atoms with Gasteiger partial charge in [-0.3, -0.25) is 9.59 Å². The van der Waals surface area contributed by atoms with Crippen LogP contribution in [0.2, 0.25) is 0 Å². The topological polar surface area (TPSA) is 94.8 Å². The number of hydrogen-bond acceptors (Lipinski definition) is 4. The lowest BCUT2D eigenvalue weighted by molar-refractivity contribution is -0.137. The summed E-state index contributed by atoms with van der Waals surface area (Å²) in [7, 11) is 0. The molecule has 1 fully saturated rings. The standard InChI is InChI=1S/C22H32O5/c1-2-3-4-5-6-7-8-9-10-11-18-19(21(25)16-20(18)24)14-12-17(23)13-15-22(26)27/h3-4,6-7,9-10,12,14,17-19,21,23,25H,2,5,8,11,13,15-16H2,1H3,(H,26,27)/b4-3-,7-6-,10-9-,14-12+/t17-,18+,19-,21-/m0/s1. The van der Waals surface area contributed by atoms with Gasteiger partial charge in [-0.05, 0) is 32.1 Å². The lowest BCUT2D eigenvalue weighted by Gasteiger charge is -2.16. The normalized spacial score (nSPS) is 24.9. The fourth-order valence-electron chi connectivity index (χ4n) is 3.10. The summed E-state index contributed by atoms with van der Waals surface area (Å²) < 4.78 is 0. The second kappa shape index (κ2) is 13.2. The van der Waals surface area contributed by atoms with E-state index in [0.29, 0.717) is 6.42 Å². The molecule has 0 spiro atoms. The molecule has 0 amide bonds. The number of Topliss-reactive ketones (excluding diaryl/α,β-unsaturated/α-hetero) is 1. The first-order chi connectivity index (χ1) is 13.0. The van der Waals surface area contributed by atoms with Gasteiger partial charge in [0.2, 0.25) is 0 Å². The third-order valence-electron chi connectivity index (χ3n) is 4.61. The lowest BCUT2D eigenvalue weighted by atomic mass is 9.90. The molecule has 0 aromatic heterocycles. The maximum atomic E-state index is 12.1. The Morgan fingerprint density at radius 3 is 2.41 bits per heavy atom. The maximum absolute atomic E-state index is 12.1. The minimum atomic E-state index is -0.961. The first-order valence-electron chi connectivity index (χ1n) is 9.69. The average Bonchev–Trinajstić information content (AvgIpc) is 2.89. The van der Waals surface area contributed by atoms with E-state index in [1.165, 1.54) is 6.08 Å². The summed E-state index contributed by atoms with van der Waals surface area (Å²) in [4.78, 5) is 22.7. The Hall–Kier alpha value is -1.98. The molecule has 5 heteroatoms. The SMILES string of the molecule is CC/C=C\C/C=C\C/C=C\C[C@H]1C(=O)C[C@H](O)[C@H]1/C=C/[C@H](O)CCC(=O)O.